The van der Waals surface area contributed by atoms with E-state index in [-0.39, 0.29) is 35.4 Å². The van der Waals surface area contributed by atoms with E-state index in [9.17, 15) is 13.2 Å². The van der Waals surface area contributed by atoms with Crippen molar-refractivity contribution in [3.05, 3.63) is 59.5 Å². The van der Waals surface area contributed by atoms with Gasteiger partial charge in [-0.05, 0) is 41.7 Å². The van der Waals surface area contributed by atoms with E-state index in [0.717, 1.165) is 5.56 Å². The molecule has 0 radical (unpaired) electrons. The quantitative estimate of drug-likeness (QED) is 0.821. The van der Waals surface area contributed by atoms with Gasteiger partial charge in [-0.2, -0.15) is 0 Å². The van der Waals surface area contributed by atoms with E-state index in [4.69, 9.17) is 4.42 Å². The second kappa shape index (κ2) is 6.91. The van der Waals surface area contributed by atoms with Crippen molar-refractivity contribution in [2.45, 2.75) is 45.2 Å². The zero-order valence-corrected chi connectivity index (χ0v) is 16.3. The lowest BCUT2D eigenvalue weighted by Gasteiger charge is -2.28. The van der Waals surface area contributed by atoms with Gasteiger partial charge in [-0.1, -0.05) is 32.9 Å². The fourth-order valence-corrected chi connectivity index (χ4v) is 4.97. The first kappa shape index (κ1) is 18.7. The molecule has 6 heteroatoms. The van der Waals surface area contributed by atoms with Crippen molar-refractivity contribution < 1.29 is 17.6 Å². The van der Waals surface area contributed by atoms with Crippen LogP contribution in [0.15, 0.2) is 47.1 Å². The van der Waals surface area contributed by atoms with Crippen LogP contribution in [0.3, 0.4) is 0 Å². The first-order chi connectivity index (χ1) is 12.2. The zero-order chi connectivity index (χ0) is 18.9. The molecular weight excluding hydrogens is 350 g/mol. The molecule has 26 heavy (non-hydrogen) atoms. The van der Waals surface area contributed by atoms with Crippen molar-refractivity contribution >= 4 is 15.7 Å². The van der Waals surface area contributed by atoms with Crippen LogP contribution in [0.5, 0.6) is 0 Å². The van der Waals surface area contributed by atoms with Gasteiger partial charge in [0.05, 0.1) is 24.3 Å². The molecule has 1 aromatic carbocycles. The highest BCUT2D eigenvalue weighted by molar-refractivity contribution is 7.91. The average Bonchev–Trinajstić information content (AvgIpc) is 3.20. The first-order valence-electron chi connectivity index (χ1n) is 8.80. The largest absolute Gasteiger partial charge is 0.467 e. The van der Waals surface area contributed by atoms with Crippen LogP contribution in [0.1, 0.15) is 48.9 Å². The number of amides is 1. The van der Waals surface area contributed by atoms with E-state index in [1.54, 1.807) is 23.3 Å². The van der Waals surface area contributed by atoms with Crippen LogP contribution >= 0.6 is 0 Å². The Balaban J connectivity index is 1.87. The third kappa shape index (κ3) is 4.18. The van der Waals surface area contributed by atoms with Crippen LogP contribution in [0.25, 0.3) is 0 Å². The molecule has 1 aliphatic heterocycles. The molecule has 1 fully saturated rings. The normalized spacial score (nSPS) is 19.4. The molecule has 0 saturated carbocycles. The highest BCUT2D eigenvalue weighted by Crippen LogP contribution is 2.25. The van der Waals surface area contributed by atoms with E-state index >= 15 is 0 Å². The maximum absolute atomic E-state index is 13.1. The second-order valence-electron chi connectivity index (χ2n) is 7.90. The molecule has 1 saturated heterocycles. The van der Waals surface area contributed by atoms with Crippen LogP contribution in [-0.2, 0) is 21.8 Å². The highest BCUT2D eigenvalue weighted by atomic mass is 32.2. The van der Waals surface area contributed by atoms with Crippen LogP contribution in [0.4, 0.5) is 0 Å². The fourth-order valence-electron chi connectivity index (χ4n) is 3.24. The number of carbonyl (C=O) groups is 1. The summed E-state index contributed by atoms with van der Waals surface area (Å²) in [5.74, 6) is 0.625. The van der Waals surface area contributed by atoms with Crippen molar-refractivity contribution in [1.82, 2.24) is 4.90 Å². The maximum atomic E-state index is 13.1. The van der Waals surface area contributed by atoms with Crippen LogP contribution in [0, 0.1) is 0 Å². The van der Waals surface area contributed by atoms with Gasteiger partial charge in [-0.3, -0.25) is 4.79 Å². The number of sulfone groups is 1. The summed E-state index contributed by atoms with van der Waals surface area (Å²) < 4.78 is 29.2. The SMILES string of the molecule is CC(C)(C)c1ccc(C(=O)N(Cc2ccco2)[C@@H]2CCS(=O)(=O)C2)cc1. The number of carbonyl (C=O) groups excluding carboxylic acids is 1. The molecule has 140 valence electrons. The third-order valence-electron chi connectivity index (χ3n) is 4.81. The molecule has 1 aromatic heterocycles. The summed E-state index contributed by atoms with van der Waals surface area (Å²) in [6.07, 6.45) is 2.02. The number of hydrogen-bond donors (Lipinski definition) is 0. The van der Waals surface area contributed by atoms with Gasteiger partial charge < -0.3 is 9.32 Å². The molecule has 2 heterocycles. The minimum absolute atomic E-state index is 0.00889. The van der Waals surface area contributed by atoms with E-state index in [2.05, 4.69) is 20.8 Å². The smallest absolute Gasteiger partial charge is 0.254 e. The molecule has 5 nitrogen and oxygen atoms in total. The van der Waals surface area contributed by atoms with E-state index in [1.165, 1.54) is 0 Å². The Morgan fingerprint density at radius 1 is 1.19 bits per heavy atom. The predicted octanol–water partition coefficient (Wildman–Crippen LogP) is 3.41. The van der Waals surface area contributed by atoms with Crippen LogP contribution in [-0.4, -0.2) is 36.8 Å². The van der Waals surface area contributed by atoms with Crippen molar-refractivity contribution in [3.8, 4) is 0 Å². The summed E-state index contributed by atoms with van der Waals surface area (Å²) in [5, 5.41) is 0. The molecule has 0 aliphatic carbocycles. The first-order valence-corrected chi connectivity index (χ1v) is 10.6. The number of benzene rings is 1. The molecule has 1 atom stereocenters. The zero-order valence-electron chi connectivity index (χ0n) is 15.4. The Kier molecular flexibility index (Phi) is 4.97. The minimum Gasteiger partial charge on any atom is -0.467 e. The maximum Gasteiger partial charge on any atom is 0.254 e. The summed E-state index contributed by atoms with van der Waals surface area (Å²) in [6.45, 7) is 6.64. The standard InChI is InChI=1S/C20H25NO4S/c1-20(2,3)16-8-6-15(7-9-16)19(22)21(13-18-5-4-11-25-18)17-10-12-26(23,24)14-17/h4-9,11,17H,10,12-14H2,1-3H3/t17-/m1/s1. The Morgan fingerprint density at radius 2 is 1.88 bits per heavy atom. The highest BCUT2D eigenvalue weighted by Gasteiger charge is 2.35. The lowest BCUT2D eigenvalue weighted by molar-refractivity contribution is 0.0666. The molecule has 2 aromatic rings. The van der Waals surface area contributed by atoms with E-state index < -0.39 is 9.84 Å². The van der Waals surface area contributed by atoms with Gasteiger partial charge >= 0.3 is 0 Å². The summed E-state index contributed by atoms with van der Waals surface area (Å²) in [4.78, 5) is 14.8. The summed E-state index contributed by atoms with van der Waals surface area (Å²) in [6, 6.07) is 10.8. The summed E-state index contributed by atoms with van der Waals surface area (Å²) in [5.41, 5.74) is 1.72. The molecule has 0 spiro atoms. The predicted molar refractivity (Wildman–Crippen MR) is 101 cm³/mol. The van der Waals surface area contributed by atoms with Gasteiger partial charge in [-0.25, -0.2) is 8.42 Å². The molecule has 0 unspecified atom stereocenters. The lowest BCUT2D eigenvalue weighted by Crippen LogP contribution is -2.40. The Bertz CT molecular complexity index is 862. The number of hydrogen-bond acceptors (Lipinski definition) is 4. The van der Waals surface area contributed by atoms with Crippen molar-refractivity contribution in [2.24, 2.45) is 0 Å². The number of nitrogens with zero attached hydrogens (tertiary/aromatic N) is 1. The molecule has 0 N–H and O–H groups in total. The third-order valence-corrected chi connectivity index (χ3v) is 6.56. The van der Waals surface area contributed by atoms with Gasteiger partial charge in [0, 0.05) is 11.6 Å². The Hall–Kier alpha value is -2.08. The minimum atomic E-state index is -3.09. The van der Waals surface area contributed by atoms with E-state index in [1.807, 2.05) is 24.3 Å². The van der Waals surface area contributed by atoms with Gasteiger partial charge in [0.1, 0.15) is 5.76 Å². The van der Waals surface area contributed by atoms with Gasteiger partial charge in [0.15, 0.2) is 9.84 Å². The second-order valence-corrected chi connectivity index (χ2v) is 10.1. The van der Waals surface area contributed by atoms with Gasteiger partial charge in [-0.15, -0.1) is 0 Å². The van der Waals surface area contributed by atoms with E-state index in [0.29, 0.717) is 17.7 Å². The number of rotatable bonds is 4. The van der Waals surface area contributed by atoms with Crippen molar-refractivity contribution in [3.63, 3.8) is 0 Å². The Labute approximate surface area is 154 Å². The van der Waals surface area contributed by atoms with Crippen LogP contribution < -0.4 is 0 Å². The monoisotopic (exact) mass is 375 g/mol. The molecule has 3 rings (SSSR count). The fraction of sp³-hybridized carbons (Fsp3) is 0.450. The lowest BCUT2D eigenvalue weighted by atomic mass is 9.86. The summed E-state index contributed by atoms with van der Waals surface area (Å²) >= 11 is 0. The summed E-state index contributed by atoms with van der Waals surface area (Å²) in [7, 11) is -3.09. The van der Waals surface area contributed by atoms with Gasteiger partial charge in [0.25, 0.3) is 5.91 Å². The van der Waals surface area contributed by atoms with Crippen LogP contribution in [0.2, 0.25) is 0 Å². The van der Waals surface area contributed by atoms with Crippen molar-refractivity contribution in [1.29, 1.82) is 0 Å². The van der Waals surface area contributed by atoms with Gasteiger partial charge in [0.2, 0.25) is 0 Å². The molecule has 1 aliphatic rings. The average molecular weight is 375 g/mol. The molecule has 0 bridgehead atoms. The van der Waals surface area contributed by atoms with Crippen molar-refractivity contribution in [2.75, 3.05) is 11.5 Å². The topological polar surface area (TPSA) is 67.6 Å². The number of furan rings is 1. The molecular formula is C20H25NO4S. The molecule has 1 amide bonds. The Morgan fingerprint density at radius 3 is 2.38 bits per heavy atom.